The number of aryl methyl sites for hydroxylation is 1. The van der Waals surface area contributed by atoms with E-state index in [-0.39, 0.29) is 14.9 Å². The first kappa shape index (κ1) is 16.4. The summed E-state index contributed by atoms with van der Waals surface area (Å²) >= 11 is 11.8. The van der Waals surface area contributed by atoms with E-state index in [2.05, 4.69) is 5.10 Å². The highest BCUT2D eigenvalue weighted by Gasteiger charge is 2.18. The van der Waals surface area contributed by atoms with E-state index < -0.39 is 9.05 Å². The van der Waals surface area contributed by atoms with Crippen molar-refractivity contribution in [1.29, 1.82) is 0 Å². The minimum atomic E-state index is -3.94. The maximum atomic E-state index is 11.3. The predicted molar refractivity (Wildman–Crippen MR) is 81.9 cm³/mol. The monoisotopic (exact) mass is 368 g/mol. The topological polar surface area (TPSA) is 61.2 Å². The Morgan fingerprint density at radius 1 is 1.29 bits per heavy atom. The van der Waals surface area contributed by atoms with Crippen LogP contribution in [-0.2, 0) is 22.5 Å². The second-order valence-electron chi connectivity index (χ2n) is 4.27. The molecule has 0 aliphatic rings. The Balaban J connectivity index is 2.09. The van der Waals surface area contributed by atoms with Crippen molar-refractivity contribution in [3.63, 3.8) is 0 Å². The summed E-state index contributed by atoms with van der Waals surface area (Å²) < 4.78 is 29.8. The number of rotatable bonds is 5. The summed E-state index contributed by atoms with van der Waals surface area (Å²) in [5.41, 5.74) is 1.01. The maximum Gasteiger partial charge on any atom is 0.262 e. The molecule has 0 atom stereocenters. The zero-order valence-electron chi connectivity index (χ0n) is 10.9. The van der Waals surface area contributed by atoms with Crippen LogP contribution in [0.2, 0.25) is 10.0 Å². The van der Waals surface area contributed by atoms with Gasteiger partial charge in [0.05, 0.1) is 22.8 Å². The number of halogens is 3. The van der Waals surface area contributed by atoms with Crippen LogP contribution >= 0.6 is 33.9 Å². The molecule has 0 bridgehead atoms. The molecule has 2 aromatic rings. The molecule has 0 saturated carbocycles. The molecule has 0 spiro atoms. The van der Waals surface area contributed by atoms with Gasteiger partial charge in [-0.1, -0.05) is 23.2 Å². The van der Waals surface area contributed by atoms with Crippen LogP contribution in [0.15, 0.2) is 29.4 Å². The molecule has 0 radical (unpaired) electrons. The van der Waals surface area contributed by atoms with Crippen molar-refractivity contribution in [1.82, 2.24) is 9.78 Å². The van der Waals surface area contributed by atoms with Crippen LogP contribution in [0, 0.1) is 0 Å². The first-order valence-electron chi connectivity index (χ1n) is 5.81. The van der Waals surface area contributed by atoms with Crippen molar-refractivity contribution in [2.24, 2.45) is 7.05 Å². The quantitative estimate of drug-likeness (QED) is 0.759. The lowest BCUT2D eigenvalue weighted by atomic mass is 10.3. The van der Waals surface area contributed by atoms with Crippen molar-refractivity contribution in [2.75, 3.05) is 6.61 Å². The molecule has 0 unspecified atom stereocenters. The molecule has 21 heavy (non-hydrogen) atoms. The van der Waals surface area contributed by atoms with Gasteiger partial charge in [-0.25, -0.2) is 8.42 Å². The first-order valence-corrected chi connectivity index (χ1v) is 8.88. The molecule has 0 fully saturated rings. The molecule has 0 aliphatic heterocycles. The lowest BCUT2D eigenvalue weighted by molar-refractivity contribution is 0.322. The van der Waals surface area contributed by atoms with Crippen molar-refractivity contribution < 1.29 is 13.2 Å². The number of hydrogen-bond donors (Lipinski definition) is 0. The molecule has 1 aromatic heterocycles. The van der Waals surface area contributed by atoms with E-state index in [0.29, 0.717) is 18.8 Å². The summed E-state index contributed by atoms with van der Waals surface area (Å²) in [5, 5.41) is 4.14. The number of hydrogen-bond acceptors (Lipinski definition) is 4. The minimum Gasteiger partial charge on any atom is -0.492 e. The number of ether oxygens (including phenoxy) is 1. The smallest absolute Gasteiger partial charge is 0.262 e. The number of benzene rings is 1. The van der Waals surface area contributed by atoms with E-state index in [0.717, 1.165) is 5.56 Å². The van der Waals surface area contributed by atoms with E-state index in [1.165, 1.54) is 12.1 Å². The highest BCUT2D eigenvalue weighted by Crippen LogP contribution is 2.35. The van der Waals surface area contributed by atoms with Crippen LogP contribution in [0.4, 0.5) is 0 Å². The molecular formula is C12H11Cl3N2O3S. The molecule has 5 nitrogen and oxygen atoms in total. The van der Waals surface area contributed by atoms with E-state index in [4.69, 9.17) is 38.6 Å². The van der Waals surface area contributed by atoms with Gasteiger partial charge in [-0.15, -0.1) is 0 Å². The summed E-state index contributed by atoms with van der Waals surface area (Å²) in [4.78, 5) is -0.240. The van der Waals surface area contributed by atoms with Gasteiger partial charge in [0, 0.05) is 36.4 Å². The van der Waals surface area contributed by atoms with Gasteiger partial charge in [0.25, 0.3) is 9.05 Å². The van der Waals surface area contributed by atoms with Crippen molar-refractivity contribution in [3.8, 4) is 5.75 Å². The number of aromatic nitrogens is 2. The molecule has 114 valence electrons. The van der Waals surface area contributed by atoms with Gasteiger partial charge < -0.3 is 4.74 Å². The van der Waals surface area contributed by atoms with Crippen LogP contribution in [0.3, 0.4) is 0 Å². The van der Waals surface area contributed by atoms with Gasteiger partial charge in [-0.3, -0.25) is 4.68 Å². The van der Waals surface area contributed by atoms with Crippen LogP contribution in [0.5, 0.6) is 5.75 Å². The number of nitrogens with zero attached hydrogens (tertiary/aromatic N) is 2. The zero-order chi connectivity index (χ0) is 15.6. The zero-order valence-corrected chi connectivity index (χ0v) is 14.0. The van der Waals surface area contributed by atoms with Crippen LogP contribution in [-0.4, -0.2) is 24.8 Å². The fraction of sp³-hybridized carbons (Fsp3) is 0.250. The third-order valence-corrected chi connectivity index (χ3v) is 4.74. The summed E-state index contributed by atoms with van der Waals surface area (Å²) in [6.45, 7) is 0.356. The normalized spacial score (nSPS) is 11.6. The minimum absolute atomic E-state index is 0.0363. The van der Waals surface area contributed by atoms with Crippen LogP contribution in [0.1, 0.15) is 5.56 Å². The fourth-order valence-corrected chi connectivity index (χ4v) is 3.48. The van der Waals surface area contributed by atoms with Gasteiger partial charge in [-0.05, 0) is 11.6 Å². The summed E-state index contributed by atoms with van der Waals surface area (Å²) in [7, 11) is 3.14. The van der Waals surface area contributed by atoms with Crippen molar-refractivity contribution in [3.05, 3.63) is 40.1 Å². The molecule has 0 aliphatic carbocycles. The average Bonchev–Trinajstić information content (AvgIpc) is 2.77. The Hall–Kier alpha value is -0.950. The van der Waals surface area contributed by atoms with Crippen molar-refractivity contribution >= 4 is 42.9 Å². The second-order valence-corrected chi connectivity index (χ2v) is 7.62. The summed E-state index contributed by atoms with van der Waals surface area (Å²) in [6.07, 6.45) is 4.25. The predicted octanol–water partition coefficient (Wildman–Crippen LogP) is 3.28. The average molecular weight is 370 g/mol. The standard InChI is InChI=1S/C12H11Cl3N2O3S/c1-17-7-8(6-16-17)2-3-20-11-4-10(14)12(5-9(11)13)21(15,18)19/h4-7H,2-3H2,1H3. The largest absolute Gasteiger partial charge is 0.492 e. The Labute approximate surface area is 136 Å². The molecule has 0 N–H and O–H groups in total. The SMILES string of the molecule is Cn1cc(CCOc2cc(Cl)c(S(=O)(=O)Cl)cc2Cl)cn1. The Morgan fingerprint density at radius 2 is 2.00 bits per heavy atom. The van der Waals surface area contributed by atoms with E-state index in [1.54, 1.807) is 10.9 Å². The highest BCUT2D eigenvalue weighted by molar-refractivity contribution is 8.13. The molecule has 9 heteroatoms. The molecule has 0 saturated heterocycles. The van der Waals surface area contributed by atoms with Gasteiger partial charge in [0.15, 0.2) is 0 Å². The highest BCUT2D eigenvalue weighted by atomic mass is 35.7. The van der Waals surface area contributed by atoms with Gasteiger partial charge in [0.2, 0.25) is 0 Å². The summed E-state index contributed by atoms with van der Waals surface area (Å²) in [6, 6.07) is 2.51. The lowest BCUT2D eigenvalue weighted by Crippen LogP contribution is -2.02. The second kappa shape index (κ2) is 6.44. The maximum absolute atomic E-state index is 11.3. The van der Waals surface area contributed by atoms with Gasteiger partial charge in [-0.2, -0.15) is 5.10 Å². The third-order valence-electron chi connectivity index (χ3n) is 2.66. The first-order chi connectivity index (χ1) is 9.77. The van der Waals surface area contributed by atoms with Crippen molar-refractivity contribution in [2.45, 2.75) is 11.3 Å². The van der Waals surface area contributed by atoms with E-state index in [1.807, 2.05) is 13.2 Å². The van der Waals surface area contributed by atoms with Gasteiger partial charge in [0.1, 0.15) is 10.6 Å². The van der Waals surface area contributed by atoms with Gasteiger partial charge >= 0.3 is 0 Å². The van der Waals surface area contributed by atoms with E-state index >= 15 is 0 Å². The Morgan fingerprint density at radius 3 is 2.57 bits per heavy atom. The molecule has 1 aromatic carbocycles. The molecule has 2 rings (SSSR count). The Kier molecular flexibility index (Phi) is 5.03. The Bertz CT molecular complexity index is 759. The fourth-order valence-electron chi connectivity index (χ4n) is 1.69. The third kappa shape index (κ3) is 4.26. The lowest BCUT2D eigenvalue weighted by Gasteiger charge is -2.09. The summed E-state index contributed by atoms with van der Waals surface area (Å²) in [5.74, 6) is 0.301. The van der Waals surface area contributed by atoms with Crippen LogP contribution < -0.4 is 4.74 Å². The van der Waals surface area contributed by atoms with E-state index in [9.17, 15) is 8.42 Å². The molecule has 1 heterocycles. The molecular weight excluding hydrogens is 359 g/mol. The van der Waals surface area contributed by atoms with Crippen LogP contribution in [0.25, 0.3) is 0 Å². The molecule has 0 amide bonds.